The fourth-order valence-corrected chi connectivity index (χ4v) is 4.44. The van der Waals surface area contributed by atoms with E-state index in [1.54, 1.807) is 0 Å². The summed E-state index contributed by atoms with van der Waals surface area (Å²) in [4.78, 5) is 16.8. The van der Waals surface area contributed by atoms with Crippen LogP contribution in [0, 0.1) is 6.92 Å². The van der Waals surface area contributed by atoms with Gasteiger partial charge < -0.3 is 14.7 Å². The van der Waals surface area contributed by atoms with Crippen LogP contribution in [0.5, 0.6) is 0 Å². The van der Waals surface area contributed by atoms with Gasteiger partial charge in [0.1, 0.15) is 17.5 Å². The predicted molar refractivity (Wildman–Crippen MR) is 119 cm³/mol. The summed E-state index contributed by atoms with van der Waals surface area (Å²) in [7, 11) is 0. The Hall–Kier alpha value is -3.08. The zero-order valence-electron chi connectivity index (χ0n) is 17.0. The Labute approximate surface area is 172 Å². The van der Waals surface area contributed by atoms with Gasteiger partial charge >= 0.3 is 0 Å². The first-order valence-corrected chi connectivity index (χ1v) is 10.5. The molecule has 0 amide bonds. The van der Waals surface area contributed by atoms with E-state index in [9.17, 15) is 0 Å². The molecule has 2 aromatic carbocycles. The second-order valence-corrected chi connectivity index (χ2v) is 7.83. The molecule has 0 atom stereocenters. The van der Waals surface area contributed by atoms with Crippen LogP contribution in [0.25, 0.3) is 0 Å². The minimum atomic E-state index is 0.839. The lowest BCUT2D eigenvalue weighted by Crippen LogP contribution is -2.47. The standard InChI is InChI=1S/C24H27N5/c1-19-25-23(28-16-14-27(15-17-28)21-10-3-2-4-11-21)18-24(26-19)29-13-7-9-20-8-5-6-12-22(20)29/h2-6,8,10-12,18H,7,9,13-17H2,1H3. The highest BCUT2D eigenvalue weighted by atomic mass is 15.3. The van der Waals surface area contributed by atoms with E-state index in [4.69, 9.17) is 9.97 Å². The number of piperazine rings is 1. The van der Waals surface area contributed by atoms with Crippen LogP contribution in [0.4, 0.5) is 23.0 Å². The van der Waals surface area contributed by atoms with Gasteiger partial charge in [-0.1, -0.05) is 36.4 Å². The molecule has 0 radical (unpaired) electrons. The van der Waals surface area contributed by atoms with Gasteiger partial charge in [0.15, 0.2) is 0 Å². The van der Waals surface area contributed by atoms with E-state index in [0.29, 0.717) is 0 Å². The lowest BCUT2D eigenvalue weighted by atomic mass is 10.0. The number of para-hydroxylation sites is 2. The molecule has 3 heterocycles. The number of hydrogen-bond acceptors (Lipinski definition) is 5. The third kappa shape index (κ3) is 3.65. The highest BCUT2D eigenvalue weighted by molar-refractivity contribution is 5.67. The Bertz CT molecular complexity index is 980. The van der Waals surface area contributed by atoms with E-state index >= 15 is 0 Å². The minimum Gasteiger partial charge on any atom is -0.368 e. The Morgan fingerprint density at radius 1 is 0.724 bits per heavy atom. The molecule has 0 N–H and O–H groups in total. The molecule has 0 aliphatic carbocycles. The number of nitrogens with zero attached hydrogens (tertiary/aromatic N) is 5. The molecule has 2 aliphatic rings. The van der Waals surface area contributed by atoms with E-state index in [2.05, 4.69) is 75.4 Å². The summed E-state index contributed by atoms with van der Waals surface area (Å²) in [5.41, 5.74) is 4.00. The topological polar surface area (TPSA) is 35.5 Å². The fourth-order valence-electron chi connectivity index (χ4n) is 4.44. The van der Waals surface area contributed by atoms with Crippen LogP contribution >= 0.6 is 0 Å². The van der Waals surface area contributed by atoms with Crippen LogP contribution in [0.15, 0.2) is 60.7 Å². The van der Waals surface area contributed by atoms with Crippen molar-refractivity contribution in [2.24, 2.45) is 0 Å². The highest BCUT2D eigenvalue weighted by Crippen LogP contribution is 2.33. The molecule has 1 saturated heterocycles. The predicted octanol–water partition coefficient (Wildman–Crippen LogP) is 4.20. The summed E-state index contributed by atoms with van der Waals surface area (Å²) < 4.78 is 0. The van der Waals surface area contributed by atoms with Gasteiger partial charge in [-0.3, -0.25) is 0 Å². The average Bonchev–Trinajstić information content (AvgIpc) is 2.79. The minimum absolute atomic E-state index is 0.839. The number of benzene rings is 2. The molecule has 3 aromatic rings. The van der Waals surface area contributed by atoms with Crippen molar-refractivity contribution in [1.29, 1.82) is 0 Å². The quantitative estimate of drug-likeness (QED) is 0.675. The Morgan fingerprint density at radius 2 is 1.41 bits per heavy atom. The second-order valence-electron chi connectivity index (χ2n) is 7.83. The molecule has 148 valence electrons. The maximum Gasteiger partial charge on any atom is 0.138 e. The van der Waals surface area contributed by atoms with Gasteiger partial charge in [-0.05, 0) is 43.5 Å². The van der Waals surface area contributed by atoms with E-state index < -0.39 is 0 Å². The van der Waals surface area contributed by atoms with Crippen molar-refractivity contribution >= 4 is 23.0 Å². The molecule has 1 fully saturated rings. The molecule has 0 saturated carbocycles. The third-order valence-electron chi connectivity index (χ3n) is 5.92. The smallest absolute Gasteiger partial charge is 0.138 e. The van der Waals surface area contributed by atoms with E-state index in [1.807, 2.05) is 6.92 Å². The maximum atomic E-state index is 4.79. The van der Waals surface area contributed by atoms with Gasteiger partial charge in [0.25, 0.3) is 0 Å². The summed E-state index contributed by atoms with van der Waals surface area (Å²) >= 11 is 0. The Kier molecular flexibility index (Phi) is 4.80. The summed E-state index contributed by atoms with van der Waals surface area (Å²) in [6.07, 6.45) is 2.30. The second kappa shape index (κ2) is 7.74. The molecule has 5 rings (SSSR count). The monoisotopic (exact) mass is 385 g/mol. The van der Waals surface area contributed by atoms with Crippen molar-refractivity contribution in [3.63, 3.8) is 0 Å². The highest BCUT2D eigenvalue weighted by Gasteiger charge is 2.23. The summed E-state index contributed by atoms with van der Waals surface area (Å²) in [6, 6.07) is 21.5. The molecule has 5 nitrogen and oxygen atoms in total. The number of aromatic nitrogens is 2. The third-order valence-corrected chi connectivity index (χ3v) is 5.92. The van der Waals surface area contributed by atoms with Gasteiger partial charge in [-0.2, -0.15) is 0 Å². The molecule has 2 aliphatic heterocycles. The SMILES string of the molecule is Cc1nc(N2CCN(c3ccccc3)CC2)cc(N2CCCc3ccccc32)n1. The summed E-state index contributed by atoms with van der Waals surface area (Å²) in [5.74, 6) is 2.90. The Morgan fingerprint density at radius 3 is 2.24 bits per heavy atom. The molecular formula is C24H27N5. The van der Waals surface area contributed by atoms with Crippen molar-refractivity contribution in [2.75, 3.05) is 47.4 Å². The van der Waals surface area contributed by atoms with Gasteiger partial charge in [-0.25, -0.2) is 9.97 Å². The number of aryl methyl sites for hydroxylation is 2. The molecular weight excluding hydrogens is 358 g/mol. The first-order chi connectivity index (χ1) is 14.3. The number of anilines is 4. The molecule has 1 aromatic heterocycles. The van der Waals surface area contributed by atoms with Crippen LogP contribution in [0.1, 0.15) is 17.8 Å². The van der Waals surface area contributed by atoms with E-state index in [-0.39, 0.29) is 0 Å². The number of rotatable bonds is 3. The van der Waals surface area contributed by atoms with Crippen LogP contribution < -0.4 is 14.7 Å². The van der Waals surface area contributed by atoms with Crippen LogP contribution in [0.3, 0.4) is 0 Å². The van der Waals surface area contributed by atoms with Gasteiger partial charge in [0, 0.05) is 50.2 Å². The first-order valence-electron chi connectivity index (χ1n) is 10.5. The Balaban J connectivity index is 1.37. The van der Waals surface area contributed by atoms with Crippen LogP contribution in [0.2, 0.25) is 0 Å². The normalized spacial score (nSPS) is 16.7. The summed E-state index contributed by atoms with van der Waals surface area (Å²) in [5, 5.41) is 0. The lowest BCUT2D eigenvalue weighted by Gasteiger charge is -2.37. The van der Waals surface area contributed by atoms with Crippen LogP contribution in [-0.2, 0) is 6.42 Å². The fraction of sp³-hybridized carbons (Fsp3) is 0.333. The number of fused-ring (bicyclic) bond motifs is 1. The molecule has 29 heavy (non-hydrogen) atoms. The van der Waals surface area contributed by atoms with Crippen molar-refractivity contribution in [3.8, 4) is 0 Å². The zero-order chi connectivity index (χ0) is 19.6. The van der Waals surface area contributed by atoms with Gasteiger partial charge in [-0.15, -0.1) is 0 Å². The average molecular weight is 386 g/mol. The summed E-state index contributed by atoms with van der Waals surface area (Å²) in [6.45, 7) is 6.98. The molecule has 0 unspecified atom stereocenters. The lowest BCUT2D eigenvalue weighted by molar-refractivity contribution is 0.645. The van der Waals surface area contributed by atoms with Crippen molar-refractivity contribution in [3.05, 3.63) is 72.1 Å². The first kappa shape index (κ1) is 18.0. The molecule has 5 heteroatoms. The van der Waals surface area contributed by atoms with Gasteiger partial charge in [0.2, 0.25) is 0 Å². The zero-order valence-corrected chi connectivity index (χ0v) is 17.0. The van der Waals surface area contributed by atoms with E-state index in [0.717, 1.165) is 63.0 Å². The largest absolute Gasteiger partial charge is 0.368 e. The van der Waals surface area contributed by atoms with Crippen LogP contribution in [-0.4, -0.2) is 42.7 Å². The maximum absolute atomic E-state index is 4.79. The van der Waals surface area contributed by atoms with Crippen molar-refractivity contribution in [1.82, 2.24) is 9.97 Å². The molecule has 0 bridgehead atoms. The van der Waals surface area contributed by atoms with Gasteiger partial charge in [0.05, 0.1) is 0 Å². The molecule has 0 spiro atoms. The van der Waals surface area contributed by atoms with E-state index in [1.165, 1.54) is 16.9 Å². The van der Waals surface area contributed by atoms with Crippen molar-refractivity contribution < 1.29 is 0 Å². The number of hydrogen-bond donors (Lipinski definition) is 0. The van der Waals surface area contributed by atoms with Crippen molar-refractivity contribution in [2.45, 2.75) is 19.8 Å².